The van der Waals surface area contributed by atoms with Gasteiger partial charge in [0, 0.05) is 41.7 Å². The number of methoxy groups -OCH3 is 1. The van der Waals surface area contributed by atoms with Gasteiger partial charge in [-0.3, -0.25) is 9.48 Å². The molecule has 0 aliphatic rings. The molecule has 1 heterocycles. The standard InChI is InChI=1S/C28H26N4O3/c1-35-19-23(14-28(33)34)22-9-12-26(27(13-22)31-25-10-7-20(15-29)8-11-25)24-16-30-32(18-24)17-21-5-3-2-4-6-21/h2-13,16,18,23,31H,14,17,19H2,1H3,(H,33,34)/t23-/m0/s1. The molecule has 4 aromatic rings. The molecule has 0 unspecified atom stereocenters. The second-order valence-corrected chi connectivity index (χ2v) is 8.28. The first kappa shape index (κ1) is 23.7. The Morgan fingerprint density at radius 1 is 1.14 bits per heavy atom. The summed E-state index contributed by atoms with van der Waals surface area (Å²) in [5.41, 5.74) is 6.11. The normalized spacial score (nSPS) is 11.5. The lowest BCUT2D eigenvalue weighted by molar-refractivity contribution is -0.137. The van der Waals surface area contributed by atoms with Crippen LogP contribution in [0.3, 0.4) is 0 Å². The highest BCUT2D eigenvalue weighted by atomic mass is 16.5. The van der Waals surface area contributed by atoms with Gasteiger partial charge in [0.05, 0.1) is 37.4 Å². The molecular formula is C28H26N4O3. The molecule has 176 valence electrons. The third kappa shape index (κ3) is 6.14. The number of hydrogen-bond donors (Lipinski definition) is 2. The van der Waals surface area contributed by atoms with Crippen LogP contribution in [0.1, 0.15) is 29.0 Å². The number of carbonyl (C=O) groups is 1. The van der Waals surface area contributed by atoms with Crippen LogP contribution in [-0.4, -0.2) is 34.6 Å². The molecule has 4 rings (SSSR count). The van der Waals surface area contributed by atoms with E-state index in [0.717, 1.165) is 33.6 Å². The maximum absolute atomic E-state index is 11.4. The van der Waals surface area contributed by atoms with E-state index in [1.807, 2.05) is 65.6 Å². The number of carboxylic acid groups (broad SMARTS) is 1. The lowest BCUT2D eigenvalue weighted by Gasteiger charge is -2.18. The van der Waals surface area contributed by atoms with Crippen molar-refractivity contribution in [1.29, 1.82) is 5.26 Å². The van der Waals surface area contributed by atoms with Gasteiger partial charge in [-0.25, -0.2) is 0 Å². The van der Waals surface area contributed by atoms with Crippen LogP contribution in [0.5, 0.6) is 0 Å². The number of nitriles is 1. The van der Waals surface area contributed by atoms with E-state index >= 15 is 0 Å². The van der Waals surface area contributed by atoms with Gasteiger partial charge in [0.25, 0.3) is 0 Å². The van der Waals surface area contributed by atoms with Crippen LogP contribution in [0.15, 0.2) is 85.2 Å². The third-order valence-electron chi connectivity index (χ3n) is 5.73. The van der Waals surface area contributed by atoms with Crippen LogP contribution >= 0.6 is 0 Å². The van der Waals surface area contributed by atoms with E-state index in [-0.39, 0.29) is 12.3 Å². The largest absolute Gasteiger partial charge is 0.481 e. The van der Waals surface area contributed by atoms with Crippen molar-refractivity contribution in [3.05, 3.63) is 102 Å². The summed E-state index contributed by atoms with van der Waals surface area (Å²) in [7, 11) is 1.57. The van der Waals surface area contributed by atoms with Crippen molar-refractivity contribution < 1.29 is 14.6 Å². The summed E-state index contributed by atoms with van der Waals surface area (Å²) in [4.78, 5) is 11.4. The Kier molecular flexibility index (Phi) is 7.56. The zero-order valence-electron chi connectivity index (χ0n) is 19.4. The number of ether oxygens (including phenoxy) is 1. The second kappa shape index (κ2) is 11.1. The van der Waals surface area contributed by atoms with Crippen molar-refractivity contribution in [3.63, 3.8) is 0 Å². The van der Waals surface area contributed by atoms with E-state index in [9.17, 15) is 9.90 Å². The van der Waals surface area contributed by atoms with Gasteiger partial charge in [-0.1, -0.05) is 42.5 Å². The number of hydrogen-bond acceptors (Lipinski definition) is 5. The second-order valence-electron chi connectivity index (χ2n) is 8.28. The minimum absolute atomic E-state index is 0.0293. The smallest absolute Gasteiger partial charge is 0.304 e. The van der Waals surface area contributed by atoms with Crippen LogP contribution in [-0.2, 0) is 16.1 Å². The molecule has 1 aromatic heterocycles. The molecule has 1 atom stereocenters. The maximum atomic E-state index is 11.4. The van der Waals surface area contributed by atoms with Crippen LogP contribution in [0, 0.1) is 11.3 Å². The summed E-state index contributed by atoms with van der Waals surface area (Å²) in [5.74, 6) is -1.16. The summed E-state index contributed by atoms with van der Waals surface area (Å²) in [6.45, 7) is 0.961. The molecule has 0 aliphatic carbocycles. The first-order chi connectivity index (χ1) is 17.1. The van der Waals surface area contributed by atoms with Gasteiger partial charge in [-0.15, -0.1) is 0 Å². The number of aromatic nitrogens is 2. The van der Waals surface area contributed by atoms with Gasteiger partial charge in [0.15, 0.2) is 0 Å². The summed E-state index contributed by atoms with van der Waals surface area (Å²) in [5, 5.41) is 26.5. The monoisotopic (exact) mass is 466 g/mol. The van der Waals surface area contributed by atoms with E-state index in [4.69, 9.17) is 10.00 Å². The fraction of sp³-hybridized carbons (Fsp3) is 0.179. The molecule has 0 spiro atoms. The number of rotatable bonds is 10. The molecule has 0 saturated heterocycles. The highest BCUT2D eigenvalue weighted by Gasteiger charge is 2.18. The van der Waals surface area contributed by atoms with E-state index in [1.54, 1.807) is 19.2 Å². The predicted octanol–water partition coefficient (Wildman–Crippen LogP) is 5.42. The van der Waals surface area contributed by atoms with E-state index < -0.39 is 5.97 Å². The van der Waals surface area contributed by atoms with E-state index in [0.29, 0.717) is 18.7 Å². The molecule has 7 heteroatoms. The Bertz CT molecular complexity index is 1320. The van der Waals surface area contributed by atoms with E-state index in [1.165, 1.54) is 0 Å². The molecule has 0 saturated carbocycles. The maximum Gasteiger partial charge on any atom is 0.304 e. The number of nitrogens with zero attached hydrogens (tertiary/aromatic N) is 3. The fourth-order valence-electron chi connectivity index (χ4n) is 4.00. The highest BCUT2D eigenvalue weighted by Crippen LogP contribution is 2.34. The van der Waals surface area contributed by atoms with Gasteiger partial charge in [-0.2, -0.15) is 10.4 Å². The Morgan fingerprint density at radius 2 is 1.91 bits per heavy atom. The quantitative estimate of drug-likeness (QED) is 0.324. The number of carboxylic acids is 1. The molecule has 0 aliphatic heterocycles. The molecule has 35 heavy (non-hydrogen) atoms. The average molecular weight is 467 g/mol. The van der Waals surface area contributed by atoms with Crippen LogP contribution in [0.4, 0.5) is 11.4 Å². The molecule has 7 nitrogen and oxygen atoms in total. The SMILES string of the molecule is COC[C@H](CC(=O)O)c1ccc(-c2cnn(Cc3ccccc3)c2)c(Nc2ccc(C#N)cc2)c1. The minimum atomic E-state index is -0.875. The van der Waals surface area contributed by atoms with Crippen LogP contribution in [0.25, 0.3) is 11.1 Å². The zero-order valence-corrected chi connectivity index (χ0v) is 19.4. The molecule has 0 radical (unpaired) electrons. The van der Waals surface area contributed by atoms with Gasteiger partial charge in [-0.05, 0) is 41.5 Å². The number of anilines is 2. The highest BCUT2D eigenvalue weighted by molar-refractivity contribution is 5.81. The number of aliphatic carboxylic acids is 1. The third-order valence-corrected chi connectivity index (χ3v) is 5.73. The topological polar surface area (TPSA) is 100 Å². The van der Waals surface area contributed by atoms with Gasteiger partial charge in [0.1, 0.15) is 0 Å². The molecular weight excluding hydrogens is 440 g/mol. The van der Waals surface area contributed by atoms with Crippen molar-refractivity contribution in [2.45, 2.75) is 18.9 Å². The van der Waals surface area contributed by atoms with Crippen LogP contribution in [0.2, 0.25) is 0 Å². The molecule has 0 fully saturated rings. The summed E-state index contributed by atoms with van der Waals surface area (Å²) >= 11 is 0. The first-order valence-electron chi connectivity index (χ1n) is 11.2. The predicted molar refractivity (Wildman–Crippen MR) is 135 cm³/mol. The molecule has 3 aromatic carbocycles. The van der Waals surface area contributed by atoms with Crippen molar-refractivity contribution >= 4 is 17.3 Å². The number of nitrogens with one attached hydrogen (secondary N) is 1. The Hall–Kier alpha value is -4.41. The lowest BCUT2D eigenvalue weighted by Crippen LogP contribution is -2.12. The van der Waals surface area contributed by atoms with E-state index in [2.05, 4.69) is 28.6 Å². The zero-order chi connectivity index (χ0) is 24.6. The van der Waals surface area contributed by atoms with Gasteiger partial charge < -0.3 is 15.2 Å². The Balaban J connectivity index is 1.69. The van der Waals surface area contributed by atoms with Crippen LogP contribution < -0.4 is 5.32 Å². The number of benzene rings is 3. The van der Waals surface area contributed by atoms with Gasteiger partial charge in [0.2, 0.25) is 0 Å². The van der Waals surface area contributed by atoms with Crippen molar-refractivity contribution in [3.8, 4) is 17.2 Å². The summed E-state index contributed by atoms with van der Waals surface area (Å²) in [6, 6.07) is 25.3. The fourth-order valence-corrected chi connectivity index (χ4v) is 4.00. The van der Waals surface area contributed by atoms with Gasteiger partial charge >= 0.3 is 5.97 Å². The minimum Gasteiger partial charge on any atom is -0.481 e. The summed E-state index contributed by atoms with van der Waals surface area (Å²) < 4.78 is 7.18. The molecule has 0 amide bonds. The Morgan fingerprint density at radius 3 is 2.60 bits per heavy atom. The Labute approximate surface area is 204 Å². The van der Waals surface area contributed by atoms with Crippen molar-refractivity contribution in [1.82, 2.24) is 9.78 Å². The molecule has 2 N–H and O–H groups in total. The summed E-state index contributed by atoms with van der Waals surface area (Å²) in [6.07, 6.45) is 3.79. The first-order valence-corrected chi connectivity index (χ1v) is 11.2. The lowest BCUT2D eigenvalue weighted by atomic mass is 9.93. The average Bonchev–Trinajstić information content (AvgIpc) is 3.33. The van der Waals surface area contributed by atoms with Crippen molar-refractivity contribution in [2.24, 2.45) is 0 Å². The van der Waals surface area contributed by atoms with Crippen molar-refractivity contribution in [2.75, 3.05) is 19.0 Å². The molecule has 0 bridgehead atoms.